The van der Waals surface area contributed by atoms with Crippen molar-refractivity contribution in [1.29, 1.82) is 0 Å². The van der Waals surface area contributed by atoms with Gasteiger partial charge < -0.3 is 14.6 Å². The molecule has 1 unspecified atom stereocenters. The molecule has 13 heavy (non-hydrogen) atoms. The molecule has 0 bridgehead atoms. The number of carbonyl (C=O) groups excluding carboxylic acids is 1. The summed E-state index contributed by atoms with van der Waals surface area (Å²) in [6.07, 6.45) is 0.555. The first kappa shape index (κ1) is 11.7. The molecule has 0 radical (unpaired) electrons. The van der Waals surface area contributed by atoms with Crippen LogP contribution in [0.25, 0.3) is 0 Å². The maximum atomic E-state index is 11.0. The number of hydrogen-bond donors (Lipinski definition) is 1. The largest absolute Gasteiger partial charge is 0.498 e. The molecule has 1 atom stereocenters. The molecule has 4 heteroatoms. The summed E-state index contributed by atoms with van der Waals surface area (Å²) in [7, 11) is 0. The van der Waals surface area contributed by atoms with Gasteiger partial charge >= 0.3 is 5.97 Å². The lowest BCUT2D eigenvalue weighted by atomic mass is 10.3. The maximum absolute atomic E-state index is 11.0. The molecule has 0 amide bonds. The maximum Gasteiger partial charge on any atom is 0.333 e. The molecule has 0 heterocycles. The molecule has 0 aromatic rings. The molecule has 0 saturated carbocycles. The van der Waals surface area contributed by atoms with Crippen molar-refractivity contribution in [2.24, 2.45) is 0 Å². The van der Waals surface area contributed by atoms with Crippen LogP contribution in [0.15, 0.2) is 25.0 Å². The van der Waals surface area contributed by atoms with Crippen LogP contribution in [-0.2, 0) is 14.3 Å². The fourth-order valence-corrected chi connectivity index (χ4v) is 0.551. The fraction of sp³-hybridized carbons (Fsp3) is 0.444. The monoisotopic (exact) mass is 186 g/mol. The van der Waals surface area contributed by atoms with E-state index in [9.17, 15) is 4.79 Å². The standard InChI is InChI=1S/C9H14O4/c1-4-12-6-8(5-10)13-9(11)7(2)3/h4,8,10H,1-2,5-6H2,3H3. The third kappa shape index (κ3) is 5.03. The molecule has 0 fully saturated rings. The Bertz CT molecular complexity index is 198. The summed E-state index contributed by atoms with van der Waals surface area (Å²) >= 11 is 0. The van der Waals surface area contributed by atoms with Crippen LogP contribution >= 0.6 is 0 Å². The fourth-order valence-electron chi connectivity index (χ4n) is 0.551. The Labute approximate surface area is 77.5 Å². The number of esters is 1. The molecule has 0 aliphatic rings. The normalized spacial score (nSPS) is 11.5. The Kier molecular flexibility index (Phi) is 5.63. The second-order valence-corrected chi connectivity index (χ2v) is 2.49. The molecule has 0 aliphatic carbocycles. The van der Waals surface area contributed by atoms with E-state index in [4.69, 9.17) is 14.6 Å². The van der Waals surface area contributed by atoms with Gasteiger partial charge in [0.05, 0.1) is 12.9 Å². The van der Waals surface area contributed by atoms with Gasteiger partial charge in [0.2, 0.25) is 0 Å². The van der Waals surface area contributed by atoms with E-state index < -0.39 is 12.1 Å². The molecule has 74 valence electrons. The molecule has 0 aliphatic heterocycles. The van der Waals surface area contributed by atoms with Crippen molar-refractivity contribution in [3.8, 4) is 0 Å². The van der Waals surface area contributed by atoms with Crippen molar-refractivity contribution in [2.45, 2.75) is 13.0 Å². The molecule has 0 spiro atoms. The predicted octanol–water partition coefficient (Wildman–Crippen LogP) is 0.627. The van der Waals surface area contributed by atoms with E-state index in [1.165, 1.54) is 13.2 Å². The van der Waals surface area contributed by atoms with Gasteiger partial charge in [0.1, 0.15) is 6.61 Å². The zero-order valence-corrected chi connectivity index (χ0v) is 7.66. The Balaban J connectivity index is 3.89. The van der Waals surface area contributed by atoms with Crippen molar-refractivity contribution in [1.82, 2.24) is 0 Å². The van der Waals surface area contributed by atoms with Gasteiger partial charge in [-0.3, -0.25) is 0 Å². The Hall–Kier alpha value is -1.29. The number of aliphatic hydroxyl groups is 1. The minimum absolute atomic E-state index is 0.0962. The third-order valence-corrected chi connectivity index (χ3v) is 1.23. The van der Waals surface area contributed by atoms with Gasteiger partial charge in [0.25, 0.3) is 0 Å². The van der Waals surface area contributed by atoms with E-state index in [0.717, 1.165) is 0 Å². The molecule has 1 N–H and O–H groups in total. The minimum atomic E-state index is -0.665. The summed E-state index contributed by atoms with van der Waals surface area (Å²) in [4.78, 5) is 11.0. The SMILES string of the molecule is C=COCC(CO)OC(=O)C(=C)C. The van der Waals surface area contributed by atoms with E-state index in [0.29, 0.717) is 0 Å². The van der Waals surface area contributed by atoms with Gasteiger partial charge in [0.15, 0.2) is 6.10 Å². The predicted molar refractivity (Wildman–Crippen MR) is 47.9 cm³/mol. The average Bonchev–Trinajstić information content (AvgIpc) is 2.11. The molecular formula is C9H14O4. The summed E-state index contributed by atoms with van der Waals surface area (Å²) in [6.45, 7) is 8.07. The van der Waals surface area contributed by atoms with Crippen molar-refractivity contribution in [2.75, 3.05) is 13.2 Å². The van der Waals surface area contributed by atoms with E-state index in [-0.39, 0.29) is 18.8 Å². The lowest BCUT2D eigenvalue weighted by Crippen LogP contribution is -2.26. The lowest BCUT2D eigenvalue weighted by Gasteiger charge is -2.14. The Morgan fingerprint density at radius 2 is 2.31 bits per heavy atom. The van der Waals surface area contributed by atoms with Gasteiger partial charge in [-0.15, -0.1) is 0 Å². The van der Waals surface area contributed by atoms with Crippen LogP contribution in [0.5, 0.6) is 0 Å². The van der Waals surface area contributed by atoms with Crippen LogP contribution in [0, 0.1) is 0 Å². The van der Waals surface area contributed by atoms with Gasteiger partial charge in [-0.2, -0.15) is 0 Å². The highest BCUT2D eigenvalue weighted by Crippen LogP contribution is 1.99. The number of ether oxygens (including phenoxy) is 2. The highest BCUT2D eigenvalue weighted by molar-refractivity contribution is 5.87. The molecular weight excluding hydrogens is 172 g/mol. The van der Waals surface area contributed by atoms with Gasteiger partial charge in [-0.25, -0.2) is 4.79 Å². The van der Waals surface area contributed by atoms with Crippen molar-refractivity contribution >= 4 is 5.97 Å². The van der Waals surface area contributed by atoms with E-state index >= 15 is 0 Å². The first-order valence-corrected chi connectivity index (χ1v) is 3.81. The van der Waals surface area contributed by atoms with E-state index in [2.05, 4.69) is 13.2 Å². The van der Waals surface area contributed by atoms with Crippen molar-refractivity contribution in [3.05, 3.63) is 25.0 Å². The average molecular weight is 186 g/mol. The highest BCUT2D eigenvalue weighted by Gasteiger charge is 2.13. The first-order chi connectivity index (χ1) is 6.11. The van der Waals surface area contributed by atoms with Crippen LogP contribution in [0.3, 0.4) is 0 Å². The molecule has 0 saturated heterocycles. The highest BCUT2D eigenvalue weighted by atomic mass is 16.6. The molecule has 4 nitrogen and oxygen atoms in total. The van der Waals surface area contributed by atoms with Gasteiger partial charge in [-0.05, 0) is 6.92 Å². The second kappa shape index (κ2) is 6.25. The van der Waals surface area contributed by atoms with E-state index in [1.807, 2.05) is 0 Å². The van der Waals surface area contributed by atoms with Crippen molar-refractivity contribution in [3.63, 3.8) is 0 Å². The van der Waals surface area contributed by atoms with Crippen molar-refractivity contribution < 1.29 is 19.4 Å². The summed E-state index contributed by atoms with van der Waals surface area (Å²) in [5.74, 6) is -0.535. The quantitative estimate of drug-likeness (QED) is 0.375. The smallest absolute Gasteiger partial charge is 0.333 e. The topological polar surface area (TPSA) is 55.8 Å². The molecule has 0 aromatic carbocycles. The van der Waals surface area contributed by atoms with Crippen LogP contribution in [0.2, 0.25) is 0 Å². The Morgan fingerprint density at radius 3 is 2.69 bits per heavy atom. The number of hydrogen-bond acceptors (Lipinski definition) is 4. The molecule has 0 rings (SSSR count). The summed E-state index contributed by atoms with van der Waals surface area (Å²) in [6, 6.07) is 0. The summed E-state index contributed by atoms with van der Waals surface area (Å²) in [5.41, 5.74) is 0.289. The molecule has 0 aromatic heterocycles. The van der Waals surface area contributed by atoms with Crippen LogP contribution in [0.4, 0.5) is 0 Å². The second-order valence-electron chi connectivity index (χ2n) is 2.49. The van der Waals surface area contributed by atoms with Crippen LogP contribution in [-0.4, -0.2) is 30.4 Å². The van der Waals surface area contributed by atoms with Crippen LogP contribution < -0.4 is 0 Å². The minimum Gasteiger partial charge on any atom is -0.498 e. The Morgan fingerprint density at radius 1 is 1.69 bits per heavy atom. The van der Waals surface area contributed by atoms with E-state index in [1.54, 1.807) is 0 Å². The zero-order valence-electron chi connectivity index (χ0n) is 7.66. The summed E-state index contributed by atoms with van der Waals surface area (Å²) in [5, 5.41) is 8.76. The van der Waals surface area contributed by atoms with Gasteiger partial charge in [-0.1, -0.05) is 13.2 Å². The van der Waals surface area contributed by atoms with Gasteiger partial charge in [0, 0.05) is 5.57 Å². The first-order valence-electron chi connectivity index (χ1n) is 3.81. The lowest BCUT2D eigenvalue weighted by molar-refractivity contribution is -0.148. The number of aliphatic hydroxyl groups excluding tert-OH is 1. The van der Waals surface area contributed by atoms with Crippen LogP contribution in [0.1, 0.15) is 6.92 Å². The number of carbonyl (C=O) groups is 1. The number of rotatable bonds is 6. The zero-order chi connectivity index (χ0) is 10.3. The summed E-state index contributed by atoms with van der Waals surface area (Å²) < 4.78 is 9.57. The third-order valence-electron chi connectivity index (χ3n) is 1.23.